The van der Waals surface area contributed by atoms with Gasteiger partial charge in [0.2, 0.25) is 0 Å². The zero-order chi connectivity index (χ0) is 13.2. The molecule has 100 valence electrons. The average Bonchev–Trinajstić information content (AvgIpc) is 2.80. The van der Waals surface area contributed by atoms with E-state index >= 15 is 0 Å². The number of nitrogens with one attached hydrogen (secondary N) is 1. The molecule has 0 radical (unpaired) electrons. The topological polar surface area (TPSA) is 24.9 Å². The molecule has 0 fully saturated rings. The molecule has 2 aromatic rings. The van der Waals surface area contributed by atoms with Crippen LogP contribution in [0.5, 0.6) is 0 Å². The van der Waals surface area contributed by atoms with Gasteiger partial charge in [0.25, 0.3) is 0 Å². The lowest BCUT2D eigenvalue weighted by Crippen LogP contribution is -2.19. The maximum atomic E-state index is 4.85. The quantitative estimate of drug-likeness (QED) is 0.922. The number of aromatic nitrogens is 1. The Kier molecular flexibility index (Phi) is 3.67. The standard InChI is InChI=1S/C16H20N2S/c1-11-5-3-6-12(9-11)10-15-18-14-8-4-7-13(17-2)16(14)19-15/h3,5-6,9,13,17H,4,7-8,10H2,1-2H3. The fraction of sp³-hybridized carbons (Fsp3) is 0.438. The molecule has 0 bridgehead atoms. The fourth-order valence-corrected chi connectivity index (χ4v) is 4.11. The normalized spacial score (nSPS) is 18.3. The van der Waals surface area contributed by atoms with E-state index in [0.717, 1.165) is 12.8 Å². The van der Waals surface area contributed by atoms with Gasteiger partial charge in [-0.05, 0) is 38.8 Å². The molecule has 0 saturated heterocycles. The van der Waals surface area contributed by atoms with E-state index in [1.807, 2.05) is 11.3 Å². The summed E-state index contributed by atoms with van der Waals surface area (Å²) in [6.45, 7) is 2.15. The minimum Gasteiger partial charge on any atom is -0.312 e. The van der Waals surface area contributed by atoms with Crippen LogP contribution in [0.3, 0.4) is 0 Å². The van der Waals surface area contributed by atoms with E-state index in [4.69, 9.17) is 4.98 Å². The van der Waals surface area contributed by atoms with Crippen LogP contribution in [0, 0.1) is 6.92 Å². The third-order valence-electron chi connectivity index (χ3n) is 3.78. The van der Waals surface area contributed by atoms with Gasteiger partial charge in [-0.2, -0.15) is 0 Å². The molecule has 1 heterocycles. The Hall–Kier alpha value is -1.19. The Bertz CT molecular complexity index is 574. The van der Waals surface area contributed by atoms with E-state index in [-0.39, 0.29) is 0 Å². The van der Waals surface area contributed by atoms with Gasteiger partial charge in [0.05, 0.1) is 10.7 Å². The predicted octanol–water partition coefficient (Wildman–Crippen LogP) is 3.64. The minimum absolute atomic E-state index is 0.521. The fourth-order valence-electron chi connectivity index (χ4n) is 2.82. The lowest BCUT2D eigenvalue weighted by atomic mass is 9.98. The Balaban J connectivity index is 1.85. The van der Waals surface area contributed by atoms with Crippen molar-refractivity contribution in [2.24, 2.45) is 0 Å². The van der Waals surface area contributed by atoms with Crippen LogP contribution < -0.4 is 5.32 Å². The van der Waals surface area contributed by atoms with E-state index in [1.54, 1.807) is 0 Å². The number of thiazole rings is 1. The van der Waals surface area contributed by atoms with E-state index in [2.05, 4.69) is 43.6 Å². The van der Waals surface area contributed by atoms with Crippen molar-refractivity contribution in [1.82, 2.24) is 10.3 Å². The van der Waals surface area contributed by atoms with E-state index in [9.17, 15) is 0 Å². The van der Waals surface area contributed by atoms with Gasteiger partial charge in [0.15, 0.2) is 0 Å². The highest BCUT2D eigenvalue weighted by atomic mass is 32.1. The van der Waals surface area contributed by atoms with Crippen LogP contribution in [0.1, 0.15) is 45.6 Å². The first-order valence-electron chi connectivity index (χ1n) is 6.97. The minimum atomic E-state index is 0.521. The molecular weight excluding hydrogens is 252 g/mol. The molecule has 3 heteroatoms. The first kappa shape index (κ1) is 12.8. The maximum Gasteiger partial charge on any atom is 0.0975 e. The lowest BCUT2D eigenvalue weighted by molar-refractivity contribution is 0.501. The Morgan fingerprint density at radius 3 is 3.11 bits per heavy atom. The molecule has 1 aromatic heterocycles. The van der Waals surface area contributed by atoms with Crippen LogP contribution in [-0.2, 0) is 12.8 Å². The maximum absolute atomic E-state index is 4.85. The summed E-state index contributed by atoms with van der Waals surface area (Å²) in [7, 11) is 2.06. The highest BCUT2D eigenvalue weighted by Crippen LogP contribution is 2.34. The van der Waals surface area contributed by atoms with Gasteiger partial charge in [-0.3, -0.25) is 0 Å². The monoisotopic (exact) mass is 272 g/mol. The number of benzene rings is 1. The van der Waals surface area contributed by atoms with Crippen molar-refractivity contribution in [3.63, 3.8) is 0 Å². The van der Waals surface area contributed by atoms with Crippen LogP contribution in [-0.4, -0.2) is 12.0 Å². The van der Waals surface area contributed by atoms with Crippen LogP contribution in [0.15, 0.2) is 24.3 Å². The second kappa shape index (κ2) is 5.43. The largest absolute Gasteiger partial charge is 0.312 e. The summed E-state index contributed by atoms with van der Waals surface area (Å²) in [6.07, 6.45) is 4.62. The number of fused-ring (bicyclic) bond motifs is 1. The smallest absolute Gasteiger partial charge is 0.0975 e. The molecule has 1 aliphatic rings. The summed E-state index contributed by atoms with van der Waals surface area (Å²) >= 11 is 1.90. The number of nitrogens with zero attached hydrogens (tertiary/aromatic N) is 1. The summed E-state index contributed by atoms with van der Waals surface area (Å²) in [4.78, 5) is 6.32. The first-order valence-corrected chi connectivity index (χ1v) is 7.79. The Labute approximate surface area is 118 Å². The van der Waals surface area contributed by atoms with E-state index in [0.29, 0.717) is 6.04 Å². The third kappa shape index (κ3) is 2.72. The Morgan fingerprint density at radius 2 is 2.32 bits per heavy atom. The zero-order valence-electron chi connectivity index (χ0n) is 11.6. The number of hydrogen-bond donors (Lipinski definition) is 1. The van der Waals surface area contributed by atoms with Crippen LogP contribution >= 0.6 is 11.3 Å². The molecule has 1 N–H and O–H groups in total. The molecule has 0 amide bonds. The van der Waals surface area contributed by atoms with Crippen molar-refractivity contribution >= 4 is 11.3 Å². The molecule has 1 aromatic carbocycles. The van der Waals surface area contributed by atoms with Crippen molar-refractivity contribution < 1.29 is 0 Å². The highest BCUT2D eigenvalue weighted by Gasteiger charge is 2.23. The SMILES string of the molecule is CNC1CCCc2nc(Cc3cccc(C)c3)sc21. The van der Waals surface area contributed by atoms with E-state index in [1.165, 1.54) is 39.5 Å². The average molecular weight is 272 g/mol. The third-order valence-corrected chi connectivity index (χ3v) is 4.99. The number of hydrogen-bond acceptors (Lipinski definition) is 3. The van der Waals surface area contributed by atoms with Gasteiger partial charge in [-0.25, -0.2) is 4.98 Å². The highest BCUT2D eigenvalue weighted by molar-refractivity contribution is 7.11. The molecule has 1 atom stereocenters. The molecule has 19 heavy (non-hydrogen) atoms. The first-order chi connectivity index (χ1) is 9.26. The summed E-state index contributed by atoms with van der Waals surface area (Å²) in [5.74, 6) is 0. The van der Waals surface area contributed by atoms with Gasteiger partial charge in [0, 0.05) is 17.3 Å². The Morgan fingerprint density at radius 1 is 1.42 bits per heavy atom. The predicted molar refractivity (Wildman–Crippen MR) is 80.8 cm³/mol. The van der Waals surface area contributed by atoms with Crippen molar-refractivity contribution in [2.45, 2.75) is 38.6 Å². The van der Waals surface area contributed by atoms with Gasteiger partial charge < -0.3 is 5.32 Å². The molecule has 0 spiro atoms. The summed E-state index contributed by atoms with van der Waals surface area (Å²) in [6, 6.07) is 9.26. The lowest BCUT2D eigenvalue weighted by Gasteiger charge is -2.20. The summed E-state index contributed by atoms with van der Waals surface area (Å²) < 4.78 is 0. The zero-order valence-corrected chi connectivity index (χ0v) is 12.4. The summed E-state index contributed by atoms with van der Waals surface area (Å²) in [5, 5.41) is 4.68. The van der Waals surface area contributed by atoms with Gasteiger partial charge in [-0.15, -0.1) is 11.3 Å². The number of aryl methyl sites for hydroxylation is 2. The van der Waals surface area contributed by atoms with Gasteiger partial charge >= 0.3 is 0 Å². The van der Waals surface area contributed by atoms with Crippen LogP contribution in [0.4, 0.5) is 0 Å². The van der Waals surface area contributed by atoms with Crippen LogP contribution in [0.2, 0.25) is 0 Å². The number of rotatable bonds is 3. The van der Waals surface area contributed by atoms with Crippen molar-refractivity contribution in [1.29, 1.82) is 0 Å². The van der Waals surface area contributed by atoms with Crippen LogP contribution in [0.25, 0.3) is 0 Å². The van der Waals surface area contributed by atoms with Gasteiger partial charge in [0.1, 0.15) is 0 Å². The van der Waals surface area contributed by atoms with Crippen molar-refractivity contribution in [3.8, 4) is 0 Å². The van der Waals surface area contributed by atoms with Gasteiger partial charge in [-0.1, -0.05) is 29.8 Å². The van der Waals surface area contributed by atoms with Crippen molar-refractivity contribution in [2.75, 3.05) is 7.05 Å². The van der Waals surface area contributed by atoms with E-state index < -0.39 is 0 Å². The van der Waals surface area contributed by atoms with Crippen molar-refractivity contribution in [3.05, 3.63) is 51.0 Å². The second-order valence-electron chi connectivity index (χ2n) is 5.32. The molecular formula is C16H20N2S. The molecule has 1 aliphatic carbocycles. The molecule has 0 aliphatic heterocycles. The molecule has 3 rings (SSSR count). The molecule has 2 nitrogen and oxygen atoms in total. The molecule has 1 unspecified atom stereocenters. The molecule has 0 saturated carbocycles. The summed E-state index contributed by atoms with van der Waals surface area (Å²) in [5.41, 5.74) is 4.03. The second-order valence-corrected chi connectivity index (χ2v) is 6.43.